The van der Waals surface area contributed by atoms with Crippen LogP contribution in [0, 0.1) is 0 Å². The molecule has 0 spiro atoms. The van der Waals surface area contributed by atoms with Crippen LogP contribution < -0.4 is 10.6 Å². The van der Waals surface area contributed by atoms with Crippen molar-refractivity contribution in [2.75, 3.05) is 32.7 Å². The molecule has 2 heterocycles. The van der Waals surface area contributed by atoms with E-state index in [-0.39, 0.29) is 30.8 Å². The van der Waals surface area contributed by atoms with Crippen LogP contribution in [-0.4, -0.2) is 71.4 Å². The summed E-state index contributed by atoms with van der Waals surface area (Å²) in [6, 6.07) is 13.3. The molecule has 5 rings (SSSR count). The van der Waals surface area contributed by atoms with Crippen molar-refractivity contribution >= 4 is 45.9 Å². The summed E-state index contributed by atoms with van der Waals surface area (Å²) < 4.78 is 0. The molecule has 40 heavy (non-hydrogen) atoms. The second-order valence-corrected chi connectivity index (χ2v) is 12.0. The lowest BCUT2D eigenvalue weighted by molar-refractivity contribution is -0.130. The fraction of sp³-hybridized carbons (Fsp3) is 0.484. The second-order valence-electron chi connectivity index (χ2n) is 11.2. The number of halogens is 2. The number of benzene rings is 2. The Balaban J connectivity index is 1.24. The van der Waals surface area contributed by atoms with Crippen molar-refractivity contribution in [3.63, 3.8) is 0 Å². The molecule has 2 fully saturated rings. The molecule has 3 aromatic rings. The van der Waals surface area contributed by atoms with E-state index in [9.17, 15) is 9.59 Å². The number of hydrogen-bond donors (Lipinski definition) is 3. The molecular formula is C31H39Cl2N5O2. The van der Waals surface area contributed by atoms with Gasteiger partial charge in [0.15, 0.2) is 0 Å². The molecule has 1 aromatic heterocycles. The summed E-state index contributed by atoms with van der Waals surface area (Å²) in [6.45, 7) is 6.30. The van der Waals surface area contributed by atoms with Crippen LogP contribution >= 0.6 is 23.2 Å². The molecule has 0 radical (unpaired) electrons. The van der Waals surface area contributed by atoms with Gasteiger partial charge in [0.1, 0.15) is 6.04 Å². The molecule has 1 aliphatic heterocycles. The molecule has 2 unspecified atom stereocenters. The Hall–Kier alpha value is -2.58. The van der Waals surface area contributed by atoms with Crippen LogP contribution in [0.3, 0.4) is 0 Å². The van der Waals surface area contributed by atoms with Gasteiger partial charge in [-0.05, 0) is 42.2 Å². The normalized spacial score (nSPS) is 18.9. The third-order valence-corrected chi connectivity index (χ3v) is 9.27. The Morgan fingerprint density at radius 2 is 1.75 bits per heavy atom. The number of H-pyrrole nitrogens is 1. The molecule has 7 nitrogen and oxygen atoms in total. The number of hydrogen-bond acceptors (Lipinski definition) is 4. The van der Waals surface area contributed by atoms with Crippen LogP contribution in [0.25, 0.3) is 10.9 Å². The predicted molar refractivity (Wildman–Crippen MR) is 162 cm³/mol. The van der Waals surface area contributed by atoms with Gasteiger partial charge < -0.3 is 15.6 Å². The largest absolute Gasteiger partial charge is 0.361 e. The van der Waals surface area contributed by atoms with Crippen molar-refractivity contribution in [1.82, 2.24) is 25.4 Å². The number of amides is 2. The van der Waals surface area contributed by atoms with Crippen molar-refractivity contribution in [1.29, 1.82) is 0 Å². The van der Waals surface area contributed by atoms with E-state index < -0.39 is 6.04 Å². The number of carbonyl (C=O) groups excluding carboxylic acids is 2. The number of piperazine rings is 1. The van der Waals surface area contributed by atoms with E-state index in [0.29, 0.717) is 16.1 Å². The molecule has 2 amide bonds. The van der Waals surface area contributed by atoms with Gasteiger partial charge in [-0.1, -0.05) is 73.7 Å². The van der Waals surface area contributed by atoms with Gasteiger partial charge >= 0.3 is 0 Å². The Kier molecular flexibility index (Phi) is 9.68. The fourth-order valence-corrected chi connectivity index (χ4v) is 6.49. The number of fused-ring (bicyclic) bond motifs is 1. The molecule has 2 atom stereocenters. The third kappa shape index (κ3) is 7.00. The van der Waals surface area contributed by atoms with Crippen molar-refractivity contribution in [2.24, 2.45) is 0 Å². The monoisotopic (exact) mass is 583 g/mol. The number of rotatable bonds is 9. The number of aromatic amines is 1. The summed E-state index contributed by atoms with van der Waals surface area (Å²) in [5.41, 5.74) is 2.83. The zero-order valence-corrected chi connectivity index (χ0v) is 24.6. The summed E-state index contributed by atoms with van der Waals surface area (Å²) >= 11 is 12.2. The SMILES string of the molecule is CC(c1c[nH]c2ccccc12)C(NC(=O)CN1CCN(C2CCCCC2)CC1)C(=O)NCc1ccc(Cl)c(Cl)c1. The van der Waals surface area contributed by atoms with Gasteiger partial charge in [0.2, 0.25) is 11.8 Å². The van der Waals surface area contributed by atoms with Crippen LogP contribution in [0.4, 0.5) is 0 Å². The predicted octanol–water partition coefficient (Wildman–Crippen LogP) is 5.33. The standard InChI is InChI=1S/C31H39Cl2N5O2/c1-21(25-19-34-28-10-6-5-9-24(25)28)30(31(40)35-18-22-11-12-26(32)27(33)17-22)36-29(39)20-37-13-15-38(16-14-37)23-7-3-2-4-8-23/h5-6,9-12,17,19,21,23,30,34H,2-4,7-8,13-16,18,20H2,1H3,(H,35,40)(H,36,39). The highest BCUT2D eigenvalue weighted by Crippen LogP contribution is 2.28. The molecule has 9 heteroatoms. The van der Waals surface area contributed by atoms with Crippen molar-refractivity contribution in [3.05, 3.63) is 69.8 Å². The van der Waals surface area contributed by atoms with E-state index in [4.69, 9.17) is 23.2 Å². The number of aromatic nitrogens is 1. The number of nitrogens with one attached hydrogen (secondary N) is 3. The second kappa shape index (κ2) is 13.4. The van der Waals surface area contributed by atoms with Crippen LogP contribution in [0.15, 0.2) is 48.7 Å². The van der Waals surface area contributed by atoms with Crippen molar-refractivity contribution < 1.29 is 9.59 Å². The number of nitrogens with zero attached hydrogens (tertiary/aromatic N) is 2. The minimum atomic E-state index is -0.738. The topological polar surface area (TPSA) is 80.5 Å². The molecule has 3 N–H and O–H groups in total. The highest BCUT2D eigenvalue weighted by atomic mass is 35.5. The van der Waals surface area contributed by atoms with Gasteiger partial charge in [0.05, 0.1) is 16.6 Å². The van der Waals surface area contributed by atoms with E-state index >= 15 is 0 Å². The molecule has 2 aromatic carbocycles. The Labute approximate surface area is 246 Å². The van der Waals surface area contributed by atoms with E-state index in [1.54, 1.807) is 12.1 Å². The van der Waals surface area contributed by atoms with E-state index in [2.05, 4.69) is 25.4 Å². The van der Waals surface area contributed by atoms with Gasteiger partial charge in [0, 0.05) is 61.8 Å². The Morgan fingerprint density at radius 3 is 2.50 bits per heavy atom. The minimum absolute atomic E-state index is 0.132. The maximum Gasteiger partial charge on any atom is 0.243 e. The van der Waals surface area contributed by atoms with Gasteiger partial charge in [0.25, 0.3) is 0 Å². The summed E-state index contributed by atoms with van der Waals surface area (Å²) in [4.78, 5) is 35.0. The van der Waals surface area contributed by atoms with Crippen molar-refractivity contribution in [2.45, 2.75) is 63.6 Å². The van der Waals surface area contributed by atoms with Crippen LogP contribution in [0.5, 0.6) is 0 Å². The van der Waals surface area contributed by atoms with Crippen LogP contribution in [-0.2, 0) is 16.1 Å². The van der Waals surface area contributed by atoms with Gasteiger partial charge in [-0.2, -0.15) is 0 Å². The Bertz CT molecular complexity index is 1310. The molecule has 1 saturated heterocycles. The summed E-state index contributed by atoms with van der Waals surface area (Å²) in [5, 5.41) is 8.04. The van der Waals surface area contributed by atoms with E-state index in [1.807, 2.05) is 43.5 Å². The van der Waals surface area contributed by atoms with E-state index in [1.165, 1.54) is 32.1 Å². The molecule has 1 aliphatic carbocycles. The first-order valence-corrected chi connectivity index (χ1v) is 15.2. The minimum Gasteiger partial charge on any atom is -0.361 e. The average molecular weight is 585 g/mol. The van der Waals surface area contributed by atoms with Crippen LogP contribution in [0.1, 0.15) is 56.1 Å². The van der Waals surface area contributed by atoms with Gasteiger partial charge in [-0.3, -0.25) is 19.4 Å². The first-order valence-electron chi connectivity index (χ1n) is 14.4. The first kappa shape index (κ1) is 28.9. The average Bonchev–Trinajstić information content (AvgIpc) is 3.41. The molecule has 1 saturated carbocycles. The van der Waals surface area contributed by atoms with E-state index in [0.717, 1.165) is 48.2 Å². The summed E-state index contributed by atoms with van der Waals surface area (Å²) in [7, 11) is 0. The molecule has 0 bridgehead atoms. The lowest BCUT2D eigenvalue weighted by atomic mass is 9.92. The van der Waals surface area contributed by atoms with Crippen molar-refractivity contribution in [3.8, 4) is 0 Å². The number of para-hydroxylation sites is 1. The molecule has 2 aliphatic rings. The maximum atomic E-state index is 13.6. The van der Waals surface area contributed by atoms with Crippen LogP contribution in [0.2, 0.25) is 10.0 Å². The van der Waals surface area contributed by atoms with Gasteiger partial charge in [-0.15, -0.1) is 0 Å². The smallest absolute Gasteiger partial charge is 0.243 e. The van der Waals surface area contributed by atoms with Gasteiger partial charge in [-0.25, -0.2) is 0 Å². The maximum absolute atomic E-state index is 13.6. The fourth-order valence-electron chi connectivity index (χ4n) is 6.17. The zero-order valence-electron chi connectivity index (χ0n) is 23.1. The lowest BCUT2D eigenvalue weighted by Gasteiger charge is -2.40. The third-order valence-electron chi connectivity index (χ3n) is 8.53. The zero-order chi connectivity index (χ0) is 28.1. The molecule has 214 valence electrons. The lowest BCUT2D eigenvalue weighted by Crippen LogP contribution is -2.55. The quantitative estimate of drug-likeness (QED) is 0.318. The highest BCUT2D eigenvalue weighted by Gasteiger charge is 2.31. The molecular weight excluding hydrogens is 545 g/mol. The highest BCUT2D eigenvalue weighted by molar-refractivity contribution is 6.42. The first-order chi connectivity index (χ1) is 19.4. The Morgan fingerprint density at radius 1 is 1.00 bits per heavy atom. The summed E-state index contributed by atoms with van der Waals surface area (Å²) in [6.07, 6.45) is 8.55. The summed E-state index contributed by atoms with van der Waals surface area (Å²) in [5.74, 6) is -0.621. The number of carbonyl (C=O) groups is 2.